The molecule has 0 radical (unpaired) electrons. The first-order valence-electron chi connectivity index (χ1n) is 6.53. The van der Waals surface area contributed by atoms with Crippen molar-refractivity contribution in [3.63, 3.8) is 0 Å². The van der Waals surface area contributed by atoms with E-state index in [9.17, 15) is 0 Å². The lowest BCUT2D eigenvalue weighted by Gasteiger charge is -2.28. The number of aromatic nitrogens is 4. The number of anilines is 2. The Morgan fingerprint density at radius 2 is 2.32 bits per heavy atom. The molecule has 1 saturated heterocycles. The summed E-state index contributed by atoms with van der Waals surface area (Å²) in [6, 6.07) is 0.474. The van der Waals surface area contributed by atoms with Gasteiger partial charge in [0.05, 0.1) is 11.6 Å². The van der Waals surface area contributed by atoms with Crippen molar-refractivity contribution < 1.29 is 0 Å². The van der Waals surface area contributed by atoms with Crippen molar-refractivity contribution >= 4 is 22.8 Å². The van der Waals surface area contributed by atoms with Crippen LogP contribution in [0.25, 0.3) is 11.0 Å². The average Bonchev–Trinajstić information content (AvgIpc) is 2.95. The Morgan fingerprint density at radius 3 is 3.11 bits per heavy atom. The summed E-state index contributed by atoms with van der Waals surface area (Å²) < 4.78 is 0. The van der Waals surface area contributed by atoms with Crippen LogP contribution >= 0.6 is 0 Å². The van der Waals surface area contributed by atoms with E-state index in [-0.39, 0.29) is 0 Å². The number of rotatable bonds is 3. The van der Waals surface area contributed by atoms with Gasteiger partial charge in [0, 0.05) is 19.1 Å². The van der Waals surface area contributed by atoms with Crippen LogP contribution in [0.2, 0.25) is 0 Å². The maximum Gasteiger partial charge on any atom is 0.224 e. The lowest BCUT2D eigenvalue weighted by molar-refractivity contribution is 0.372. The number of nitrogens with one attached hydrogen (secondary N) is 1. The summed E-state index contributed by atoms with van der Waals surface area (Å²) in [5.41, 5.74) is 6.50. The van der Waals surface area contributed by atoms with Crippen molar-refractivity contribution in [1.82, 2.24) is 25.1 Å². The molecule has 0 amide bonds. The lowest BCUT2D eigenvalue weighted by Crippen LogP contribution is -2.38. The van der Waals surface area contributed by atoms with Crippen LogP contribution in [0, 0.1) is 0 Å². The van der Waals surface area contributed by atoms with Crippen LogP contribution in [0.1, 0.15) is 12.8 Å². The first-order chi connectivity index (χ1) is 9.15. The molecule has 1 unspecified atom stereocenters. The number of hydrogen-bond donors (Lipinski definition) is 2. The molecule has 0 spiro atoms. The third-order valence-corrected chi connectivity index (χ3v) is 3.53. The molecule has 3 rings (SSSR count). The molecule has 3 heterocycles. The Kier molecular flexibility index (Phi) is 2.98. The zero-order valence-corrected chi connectivity index (χ0v) is 11.3. The topological polar surface area (TPSA) is 87.0 Å². The fraction of sp³-hybridized carbons (Fsp3) is 0.583. The first-order valence-corrected chi connectivity index (χ1v) is 6.53. The van der Waals surface area contributed by atoms with Gasteiger partial charge in [-0.25, -0.2) is 0 Å². The highest BCUT2D eigenvalue weighted by Gasteiger charge is 2.28. The van der Waals surface area contributed by atoms with E-state index in [1.54, 1.807) is 6.20 Å². The van der Waals surface area contributed by atoms with E-state index in [2.05, 4.69) is 44.1 Å². The van der Waals surface area contributed by atoms with Gasteiger partial charge in [0.25, 0.3) is 0 Å². The van der Waals surface area contributed by atoms with Crippen molar-refractivity contribution in [1.29, 1.82) is 0 Å². The molecule has 1 atom stereocenters. The summed E-state index contributed by atoms with van der Waals surface area (Å²) in [7, 11) is 4.19. The van der Waals surface area contributed by atoms with Crippen LogP contribution in [0.4, 0.5) is 11.8 Å². The summed E-state index contributed by atoms with van der Waals surface area (Å²) in [4.78, 5) is 13.1. The molecule has 0 saturated carbocycles. The van der Waals surface area contributed by atoms with Gasteiger partial charge < -0.3 is 15.5 Å². The van der Waals surface area contributed by atoms with E-state index in [0.29, 0.717) is 17.6 Å². The summed E-state index contributed by atoms with van der Waals surface area (Å²) >= 11 is 0. The maximum absolute atomic E-state index is 5.79. The zero-order chi connectivity index (χ0) is 13.4. The minimum Gasteiger partial charge on any atom is -0.368 e. The lowest BCUT2D eigenvalue weighted by atomic mass is 10.2. The largest absolute Gasteiger partial charge is 0.368 e. The second-order valence-electron chi connectivity index (χ2n) is 5.29. The molecule has 2 aromatic rings. The normalized spacial score (nSPS) is 19.7. The molecule has 19 heavy (non-hydrogen) atoms. The SMILES string of the molecule is CN(C)CC1CCCN1c1nc(N)nc2[nH]ncc12. The van der Waals surface area contributed by atoms with E-state index >= 15 is 0 Å². The number of fused-ring (bicyclic) bond motifs is 1. The molecule has 1 fully saturated rings. The minimum absolute atomic E-state index is 0.294. The number of nitrogens with two attached hydrogens (primary N) is 1. The number of likely N-dealkylation sites (N-methyl/N-ethyl adjacent to an activating group) is 1. The molecule has 1 aliphatic rings. The Labute approximate surface area is 111 Å². The molecular formula is C12H19N7. The summed E-state index contributed by atoms with van der Waals surface area (Å²) in [6.45, 7) is 2.03. The Bertz CT molecular complexity index is 576. The summed E-state index contributed by atoms with van der Waals surface area (Å²) in [5, 5.41) is 7.85. The number of aromatic amines is 1. The van der Waals surface area contributed by atoms with E-state index in [1.807, 2.05) is 0 Å². The molecular weight excluding hydrogens is 242 g/mol. The van der Waals surface area contributed by atoms with Gasteiger partial charge in [0.1, 0.15) is 5.82 Å². The van der Waals surface area contributed by atoms with Gasteiger partial charge in [-0.3, -0.25) is 5.10 Å². The van der Waals surface area contributed by atoms with Gasteiger partial charge >= 0.3 is 0 Å². The van der Waals surface area contributed by atoms with Gasteiger partial charge in [-0.05, 0) is 26.9 Å². The third kappa shape index (κ3) is 2.21. The fourth-order valence-corrected chi connectivity index (χ4v) is 2.78. The van der Waals surface area contributed by atoms with Crippen LogP contribution in [0.3, 0.4) is 0 Å². The summed E-state index contributed by atoms with van der Waals surface area (Å²) in [5.74, 6) is 1.20. The predicted molar refractivity (Wildman–Crippen MR) is 75.0 cm³/mol. The molecule has 3 N–H and O–H groups in total. The molecule has 0 aliphatic carbocycles. The van der Waals surface area contributed by atoms with Gasteiger partial charge in [-0.2, -0.15) is 15.1 Å². The molecule has 2 aromatic heterocycles. The van der Waals surface area contributed by atoms with Crippen molar-refractivity contribution in [3.8, 4) is 0 Å². The highest BCUT2D eigenvalue weighted by Crippen LogP contribution is 2.29. The molecule has 7 heteroatoms. The Morgan fingerprint density at radius 1 is 1.47 bits per heavy atom. The molecule has 1 aliphatic heterocycles. The smallest absolute Gasteiger partial charge is 0.224 e. The predicted octanol–water partition coefficient (Wildman–Crippen LogP) is 0.465. The van der Waals surface area contributed by atoms with Crippen molar-refractivity contribution in [2.75, 3.05) is 37.8 Å². The average molecular weight is 261 g/mol. The van der Waals surface area contributed by atoms with Gasteiger partial charge in [-0.15, -0.1) is 0 Å². The second kappa shape index (κ2) is 4.65. The number of hydrogen-bond acceptors (Lipinski definition) is 6. The number of H-pyrrole nitrogens is 1. The van der Waals surface area contributed by atoms with Crippen LogP contribution in [0.5, 0.6) is 0 Å². The van der Waals surface area contributed by atoms with Gasteiger partial charge in [0.2, 0.25) is 5.95 Å². The molecule has 0 bridgehead atoms. The standard InChI is InChI=1S/C12H19N7/c1-18(2)7-8-4-3-5-19(8)11-9-6-14-17-10(9)15-12(13)16-11/h6,8H,3-5,7H2,1-2H3,(H3,13,14,15,16,17). The van der Waals surface area contributed by atoms with Crippen LogP contribution < -0.4 is 10.6 Å². The quantitative estimate of drug-likeness (QED) is 0.835. The minimum atomic E-state index is 0.294. The number of nitrogen functional groups attached to an aromatic ring is 1. The highest BCUT2D eigenvalue weighted by molar-refractivity contribution is 5.87. The van der Waals surface area contributed by atoms with E-state index < -0.39 is 0 Å². The van der Waals surface area contributed by atoms with Gasteiger partial charge in [0.15, 0.2) is 5.65 Å². The van der Waals surface area contributed by atoms with Crippen molar-refractivity contribution in [2.45, 2.75) is 18.9 Å². The van der Waals surface area contributed by atoms with Crippen LogP contribution in [-0.2, 0) is 0 Å². The van der Waals surface area contributed by atoms with Crippen molar-refractivity contribution in [3.05, 3.63) is 6.20 Å². The number of nitrogens with zero attached hydrogens (tertiary/aromatic N) is 5. The molecule has 102 valence electrons. The van der Waals surface area contributed by atoms with E-state index in [0.717, 1.165) is 24.3 Å². The monoisotopic (exact) mass is 261 g/mol. The second-order valence-corrected chi connectivity index (χ2v) is 5.29. The molecule has 0 aromatic carbocycles. The summed E-state index contributed by atoms with van der Waals surface area (Å²) in [6.07, 6.45) is 4.14. The Hall–Kier alpha value is -1.89. The first kappa shape index (κ1) is 12.2. The highest BCUT2D eigenvalue weighted by atomic mass is 15.3. The maximum atomic E-state index is 5.79. The van der Waals surface area contributed by atoms with Crippen molar-refractivity contribution in [2.24, 2.45) is 0 Å². The molecule has 7 nitrogen and oxygen atoms in total. The van der Waals surface area contributed by atoms with Crippen LogP contribution in [0.15, 0.2) is 6.20 Å². The van der Waals surface area contributed by atoms with Gasteiger partial charge in [-0.1, -0.05) is 0 Å². The Balaban J connectivity index is 2.00. The zero-order valence-electron chi connectivity index (χ0n) is 11.3. The van der Waals surface area contributed by atoms with E-state index in [4.69, 9.17) is 5.73 Å². The third-order valence-electron chi connectivity index (χ3n) is 3.53. The van der Waals surface area contributed by atoms with Crippen LogP contribution in [-0.4, -0.2) is 58.3 Å². The fourth-order valence-electron chi connectivity index (χ4n) is 2.78. The van der Waals surface area contributed by atoms with E-state index in [1.165, 1.54) is 12.8 Å².